The Kier molecular flexibility index (Phi) is 4.08. The summed E-state index contributed by atoms with van der Waals surface area (Å²) in [7, 11) is 1.66. The fourth-order valence-corrected chi connectivity index (χ4v) is 3.34. The lowest BCUT2D eigenvalue weighted by atomic mass is 9.74. The highest BCUT2D eigenvalue weighted by Gasteiger charge is 2.43. The number of hydrogen-bond donors (Lipinski definition) is 0. The predicted molar refractivity (Wildman–Crippen MR) is 78.7 cm³/mol. The van der Waals surface area contributed by atoms with Gasteiger partial charge in [0.15, 0.2) is 11.5 Å². The second-order valence-corrected chi connectivity index (χ2v) is 5.97. The molecule has 1 spiro atoms. The molecule has 0 radical (unpaired) electrons. The number of rotatable bonds is 4. The average molecular weight is 297 g/mol. The molecule has 3 rings (SSSR count). The standard InChI is InChI=1S/C16H21ClO3/c1-18-14-5-2-4-12(11-17)15(14)20-13-6-9-19-16(10-13)7-3-8-16/h2,4-5,13H,3,6-11H2,1H3. The van der Waals surface area contributed by atoms with Crippen LogP contribution in [-0.4, -0.2) is 25.4 Å². The lowest BCUT2D eigenvalue weighted by Gasteiger charge is -2.47. The van der Waals surface area contributed by atoms with Crippen molar-refractivity contribution in [3.05, 3.63) is 23.8 Å². The Morgan fingerprint density at radius 1 is 1.40 bits per heavy atom. The normalized spacial score (nSPS) is 24.2. The Morgan fingerprint density at radius 2 is 2.25 bits per heavy atom. The van der Waals surface area contributed by atoms with E-state index in [0.717, 1.165) is 36.5 Å². The van der Waals surface area contributed by atoms with Crippen LogP contribution in [0.1, 0.15) is 37.7 Å². The molecule has 2 fully saturated rings. The first kappa shape index (κ1) is 14.0. The number of benzene rings is 1. The van der Waals surface area contributed by atoms with Crippen molar-refractivity contribution < 1.29 is 14.2 Å². The zero-order chi connectivity index (χ0) is 14.0. The number of hydrogen-bond acceptors (Lipinski definition) is 3. The van der Waals surface area contributed by atoms with Crippen molar-refractivity contribution in [3.63, 3.8) is 0 Å². The zero-order valence-electron chi connectivity index (χ0n) is 11.9. The molecule has 1 atom stereocenters. The molecule has 4 heteroatoms. The quantitative estimate of drug-likeness (QED) is 0.788. The molecule has 20 heavy (non-hydrogen) atoms. The van der Waals surface area contributed by atoms with Crippen molar-refractivity contribution in [3.8, 4) is 11.5 Å². The second kappa shape index (κ2) is 5.82. The molecule has 1 aliphatic carbocycles. The topological polar surface area (TPSA) is 27.7 Å². The van der Waals surface area contributed by atoms with Gasteiger partial charge >= 0.3 is 0 Å². The van der Waals surface area contributed by atoms with Crippen molar-refractivity contribution in [1.29, 1.82) is 0 Å². The minimum atomic E-state index is 0.0893. The van der Waals surface area contributed by atoms with Crippen molar-refractivity contribution in [2.45, 2.75) is 49.7 Å². The molecule has 1 aromatic carbocycles. The Bertz CT molecular complexity index is 449. The third-order valence-corrected chi connectivity index (χ3v) is 4.71. The summed E-state index contributed by atoms with van der Waals surface area (Å²) in [4.78, 5) is 0. The van der Waals surface area contributed by atoms with Crippen molar-refractivity contribution in [1.82, 2.24) is 0 Å². The van der Waals surface area contributed by atoms with E-state index in [-0.39, 0.29) is 11.7 Å². The second-order valence-electron chi connectivity index (χ2n) is 5.70. The van der Waals surface area contributed by atoms with Crippen LogP contribution < -0.4 is 9.47 Å². The SMILES string of the molecule is COc1cccc(CCl)c1OC1CCOC2(CCC2)C1. The molecular formula is C16H21ClO3. The molecule has 2 aliphatic rings. The van der Waals surface area contributed by atoms with Gasteiger partial charge in [0.1, 0.15) is 6.10 Å². The van der Waals surface area contributed by atoms with Gasteiger partial charge in [-0.3, -0.25) is 0 Å². The van der Waals surface area contributed by atoms with E-state index in [2.05, 4.69) is 0 Å². The van der Waals surface area contributed by atoms with Crippen molar-refractivity contribution >= 4 is 11.6 Å². The number of ether oxygens (including phenoxy) is 3. The molecule has 0 amide bonds. The van der Waals surface area contributed by atoms with Gasteiger partial charge < -0.3 is 14.2 Å². The van der Waals surface area contributed by atoms with E-state index in [1.54, 1.807) is 7.11 Å². The van der Waals surface area contributed by atoms with Gasteiger partial charge in [0.25, 0.3) is 0 Å². The Hall–Kier alpha value is -0.930. The predicted octanol–water partition coefficient (Wildman–Crippen LogP) is 3.91. The van der Waals surface area contributed by atoms with Crippen LogP contribution in [0.3, 0.4) is 0 Å². The fourth-order valence-electron chi connectivity index (χ4n) is 3.13. The third-order valence-electron chi connectivity index (χ3n) is 4.42. The molecule has 1 unspecified atom stereocenters. The highest BCUT2D eigenvalue weighted by Crippen LogP contribution is 2.44. The van der Waals surface area contributed by atoms with Gasteiger partial charge in [-0.25, -0.2) is 0 Å². The van der Waals surface area contributed by atoms with Gasteiger partial charge in [-0.15, -0.1) is 11.6 Å². The van der Waals surface area contributed by atoms with Crippen LogP contribution in [0.2, 0.25) is 0 Å². The summed E-state index contributed by atoms with van der Waals surface area (Å²) in [6.45, 7) is 0.788. The lowest BCUT2D eigenvalue weighted by Crippen LogP contribution is -2.48. The van der Waals surface area contributed by atoms with Crippen LogP contribution in [-0.2, 0) is 10.6 Å². The van der Waals surface area contributed by atoms with Crippen LogP contribution in [0.15, 0.2) is 18.2 Å². The number of para-hydroxylation sites is 1. The summed E-state index contributed by atoms with van der Waals surface area (Å²) < 4.78 is 17.6. The highest BCUT2D eigenvalue weighted by molar-refractivity contribution is 6.17. The molecule has 1 aliphatic heterocycles. The van der Waals surface area contributed by atoms with Crippen LogP contribution in [0.5, 0.6) is 11.5 Å². The molecule has 1 saturated heterocycles. The molecule has 1 heterocycles. The largest absolute Gasteiger partial charge is 0.493 e. The van der Waals surface area contributed by atoms with E-state index in [0.29, 0.717) is 5.88 Å². The van der Waals surface area contributed by atoms with Gasteiger partial charge in [0.2, 0.25) is 0 Å². The zero-order valence-corrected chi connectivity index (χ0v) is 12.6. The first-order chi connectivity index (χ1) is 9.76. The first-order valence-corrected chi connectivity index (χ1v) is 7.82. The summed E-state index contributed by atoms with van der Waals surface area (Å²) in [6, 6.07) is 5.86. The van der Waals surface area contributed by atoms with Gasteiger partial charge in [0.05, 0.1) is 25.2 Å². The van der Waals surface area contributed by atoms with Gasteiger partial charge in [-0.05, 0) is 25.3 Å². The number of halogens is 1. The van der Waals surface area contributed by atoms with E-state index < -0.39 is 0 Å². The van der Waals surface area contributed by atoms with E-state index in [1.165, 1.54) is 19.3 Å². The van der Waals surface area contributed by atoms with E-state index in [1.807, 2.05) is 18.2 Å². The highest BCUT2D eigenvalue weighted by atomic mass is 35.5. The molecule has 110 valence electrons. The Balaban J connectivity index is 1.76. The molecule has 0 aromatic heterocycles. The van der Waals surface area contributed by atoms with Crippen LogP contribution >= 0.6 is 11.6 Å². The van der Waals surface area contributed by atoms with E-state index in [4.69, 9.17) is 25.8 Å². The van der Waals surface area contributed by atoms with Gasteiger partial charge in [-0.1, -0.05) is 12.1 Å². The maximum atomic E-state index is 6.24. The van der Waals surface area contributed by atoms with Gasteiger partial charge in [0, 0.05) is 18.4 Å². The van der Waals surface area contributed by atoms with Crippen LogP contribution in [0.4, 0.5) is 0 Å². The average Bonchev–Trinajstić information content (AvgIpc) is 2.46. The minimum absolute atomic E-state index is 0.0893. The molecule has 1 saturated carbocycles. The molecule has 3 nitrogen and oxygen atoms in total. The third kappa shape index (κ3) is 2.61. The summed E-state index contributed by atoms with van der Waals surface area (Å²) >= 11 is 6.01. The molecule has 0 N–H and O–H groups in total. The van der Waals surface area contributed by atoms with E-state index >= 15 is 0 Å². The van der Waals surface area contributed by atoms with E-state index in [9.17, 15) is 0 Å². The van der Waals surface area contributed by atoms with Gasteiger partial charge in [-0.2, -0.15) is 0 Å². The molecule has 1 aromatic rings. The lowest BCUT2D eigenvalue weighted by molar-refractivity contribution is -0.153. The van der Waals surface area contributed by atoms with Crippen molar-refractivity contribution in [2.24, 2.45) is 0 Å². The number of methoxy groups -OCH3 is 1. The summed E-state index contributed by atoms with van der Waals surface area (Å²) in [6.07, 6.45) is 5.72. The maximum absolute atomic E-state index is 6.24. The smallest absolute Gasteiger partial charge is 0.165 e. The fraction of sp³-hybridized carbons (Fsp3) is 0.625. The Morgan fingerprint density at radius 3 is 2.90 bits per heavy atom. The summed E-state index contributed by atoms with van der Waals surface area (Å²) in [5.41, 5.74) is 1.08. The Labute approximate surface area is 125 Å². The summed E-state index contributed by atoms with van der Waals surface area (Å²) in [5, 5.41) is 0. The van der Waals surface area contributed by atoms with Crippen LogP contribution in [0.25, 0.3) is 0 Å². The van der Waals surface area contributed by atoms with Crippen LogP contribution in [0, 0.1) is 0 Å². The minimum Gasteiger partial charge on any atom is -0.493 e. The summed E-state index contributed by atoms with van der Waals surface area (Å²) in [5.74, 6) is 1.99. The number of alkyl halides is 1. The maximum Gasteiger partial charge on any atom is 0.165 e. The van der Waals surface area contributed by atoms with Crippen molar-refractivity contribution in [2.75, 3.05) is 13.7 Å². The monoisotopic (exact) mass is 296 g/mol. The molecule has 0 bridgehead atoms. The molecular weight excluding hydrogens is 276 g/mol. The first-order valence-electron chi connectivity index (χ1n) is 7.29.